The molecule has 0 saturated heterocycles. The zero-order valence-electron chi connectivity index (χ0n) is 12.0. The van der Waals surface area contributed by atoms with Crippen LogP contribution in [0, 0.1) is 11.3 Å². The maximum Gasteiger partial charge on any atom is 0.142 e. The number of nitrogens with two attached hydrogens (primary N) is 1. The summed E-state index contributed by atoms with van der Waals surface area (Å²) in [6.45, 7) is 0. The molecule has 0 fully saturated rings. The monoisotopic (exact) mass is 365 g/mol. The zero-order chi connectivity index (χ0) is 16.4. The third-order valence-electron chi connectivity index (χ3n) is 3.49. The highest BCUT2D eigenvalue weighted by Crippen LogP contribution is 2.34. The van der Waals surface area contributed by atoms with E-state index in [-0.39, 0.29) is 11.6 Å². The van der Waals surface area contributed by atoms with Crippen molar-refractivity contribution in [3.05, 3.63) is 64.6 Å². The number of para-hydroxylation sites is 1. The Morgan fingerprint density at radius 1 is 1.04 bits per heavy atom. The van der Waals surface area contributed by atoms with Gasteiger partial charge in [-0.15, -0.1) is 0 Å². The number of nitriles is 1. The molecule has 1 heterocycles. The molecule has 0 bridgehead atoms. The molecule has 1 aromatic heterocycles. The van der Waals surface area contributed by atoms with Crippen molar-refractivity contribution >= 4 is 21.7 Å². The maximum atomic E-state index is 10.0. The molecule has 2 aromatic carbocycles. The Hall–Kier alpha value is -2.84. The summed E-state index contributed by atoms with van der Waals surface area (Å²) in [4.78, 5) is 4.26. The number of phenolic OH excluding ortho intramolecular Hbond substituents is 1. The van der Waals surface area contributed by atoms with Gasteiger partial charge in [-0.2, -0.15) is 5.26 Å². The van der Waals surface area contributed by atoms with Crippen molar-refractivity contribution in [1.29, 1.82) is 5.26 Å². The van der Waals surface area contributed by atoms with Crippen molar-refractivity contribution in [2.45, 2.75) is 0 Å². The number of aromatic nitrogens is 1. The molecule has 112 valence electrons. The van der Waals surface area contributed by atoms with E-state index in [0.29, 0.717) is 22.4 Å². The van der Waals surface area contributed by atoms with Gasteiger partial charge in [0, 0.05) is 15.6 Å². The van der Waals surface area contributed by atoms with Crippen molar-refractivity contribution in [2.75, 3.05) is 5.73 Å². The van der Waals surface area contributed by atoms with Crippen LogP contribution in [0.4, 0.5) is 5.82 Å². The minimum absolute atomic E-state index is 0.117. The van der Waals surface area contributed by atoms with Gasteiger partial charge >= 0.3 is 0 Å². The Balaban J connectivity index is 2.25. The van der Waals surface area contributed by atoms with Crippen LogP contribution in [0.15, 0.2) is 59.1 Å². The maximum absolute atomic E-state index is 10.0. The topological polar surface area (TPSA) is 82.9 Å². The minimum Gasteiger partial charge on any atom is -0.507 e. The van der Waals surface area contributed by atoms with Gasteiger partial charge in [0.25, 0.3) is 0 Å². The van der Waals surface area contributed by atoms with Crippen LogP contribution in [0.3, 0.4) is 0 Å². The molecule has 0 atom stereocenters. The van der Waals surface area contributed by atoms with E-state index in [0.717, 1.165) is 10.0 Å². The highest BCUT2D eigenvalue weighted by Gasteiger charge is 2.14. The largest absolute Gasteiger partial charge is 0.507 e. The molecule has 5 heteroatoms. The molecule has 3 rings (SSSR count). The molecule has 0 radical (unpaired) electrons. The SMILES string of the molecule is N#Cc1c(-c2ccc(Br)cc2)cc(-c2ccccc2O)nc1N. The predicted molar refractivity (Wildman–Crippen MR) is 93.6 cm³/mol. The van der Waals surface area contributed by atoms with Crippen molar-refractivity contribution in [3.8, 4) is 34.2 Å². The summed E-state index contributed by atoms with van der Waals surface area (Å²) in [6.07, 6.45) is 0. The molecule has 3 aromatic rings. The minimum atomic E-state index is 0.117. The molecular weight excluding hydrogens is 354 g/mol. The molecule has 0 amide bonds. The van der Waals surface area contributed by atoms with Gasteiger partial charge in [0.15, 0.2) is 0 Å². The molecule has 0 aliphatic rings. The van der Waals surface area contributed by atoms with E-state index < -0.39 is 0 Å². The molecule has 0 aliphatic carbocycles. The van der Waals surface area contributed by atoms with Crippen LogP contribution < -0.4 is 5.73 Å². The molecule has 0 aliphatic heterocycles. The fraction of sp³-hybridized carbons (Fsp3) is 0. The Bertz CT molecular complexity index is 915. The van der Waals surface area contributed by atoms with Gasteiger partial charge in [0.1, 0.15) is 23.2 Å². The fourth-order valence-corrected chi connectivity index (χ4v) is 2.63. The van der Waals surface area contributed by atoms with Crippen LogP contribution in [0.2, 0.25) is 0 Å². The average molecular weight is 366 g/mol. The summed E-state index contributed by atoms with van der Waals surface area (Å²) >= 11 is 3.39. The normalized spacial score (nSPS) is 10.3. The Labute approximate surface area is 142 Å². The van der Waals surface area contributed by atoms with Crippen LogP contribution in [0.25, 0.3) is 22.4 Å². The molecule has 0 spiro atoms. The van der Waals surface area contributed by atoms with Gasteiger partial charge in [0.2, 0.25) is 0 Å². The smallest absolute Gasteiger partial charge is 0.142 e. The van der Waals surface area contributed by atoms with Crippen LogP contribution in [-0.4, -0.2) is 10.1 Å². The van der Waals surface area contributed by atoms with Crippen LogP contribution in [-0.2, 0) is 0 Å². The first-order chi connectivity index (χ1) is 11.1. The lowest BCUT2D eigenvalue weighted by Gasteiger charge is -2.11. The van der Waals surface area contributed by atoms with E-state index >= 15 is 0 Å². The van der Waals surface area contributed by atoms with E-state index in [1.54, 1.807) is 24.3 Å². The second-order valence-electron chi connectivity index (χ2n) is 4.95. The first-order valence-electron chi connectivity index (χ1n) is 6.85. The predicted octanol–water partition coefficient (Wildman–Crippen LogP) is 4.34. The van der Waals surface area contributed by atoms with Gasteiger partial charge in [-0.1, -0.05) is 40.2 Å². The van der Waals surface area contributed by atoms with Crippen LogP contribution in [0.5, 0.6) is 5.75 Å². The first-order valence-corrected chi connectivity index (χ1v) is 7.64. The van der Waals surface area contributed by atoms with E-state index in [9.17, 15) is 10.4 Å². The second-order valence-corrected chi connectivity index (χ2v) is 5.87. The molecule has 0 saturated carbocycles. The number of anilines is 1. The number of aromatic hydroxyl groups is 1. The number of halogens is 1. The summed E-state index contributed by atoms with van der Waals surface area (Å²) in [5, 5.41) is 19.4. The summed E-state index contributed by atoms with van der Waals surface area (Å²) < 4.78 is 0.947. The van der Waals surface area contributed by atoms with Crippen molar-refractivity contribution in [3.63, 3.8) is 0 Å². The fourth-order valence-electron chi connectivity index (χ4n) is 2.37. The Morgan fingerprint density at radius 3 is 2.39 bits per heavy atom. The lowest BCUT2D eigenvalue weighted by Crippen LogP contribution is -1.99. The molecule has 23 heavy (non-hydrogen) atoms. The molecule has 4 nitrogen and oxygen atoms in total. The number of hydrogen-bond acceptors (Lipinski definition) is 4. The first kappa shape index (κ1) is 15.1. The quantitative estimate of drug-likeness (QED) is 0.707. The van der Waals surface area contributed by atoms with Crippen molar-refractivity contribution in [1.82, 2.24) is 4.98 Å². The standard InChI is InChI=1S/C18H12BrN3O/c19-12-7-5-11(6-8-12)14-9-16(22-18(21)15(14)10-20)13-3-1-2-4-17(13)23/h1-9,23H,(H2,21,22). The molecule has 3 N–H and O–H groups in total. The van der Waals surface area contributed by atoms with Crippen molar-refractivity contribution in [2.24, 2.45) is 0 Å². The van der Waals surface area contributed by atoms with E-state index in [1.165, 1.54) is 0 Å². The highest BCUT2D eigenvalue weighted by molar-refractivity contribution is 9.10. The zero-order valence-corrected chi connectivity index (χ0v) is 13.6. The summed E-state index contributed by atoms with van der Waals surface area (Å²) in [5.41, 5.74) is 8.93. The number of pyridine rings is 1. The molecule has 0 unspecified atom stereocenters. The average Bonchev–Trinajstić information content (AvgIpc) is 2.55. The van der Waals surface area contributed by atoms with Gasteiger partial charge in [0.05, 0.1) is 5.69 Å². The number of benzene rings is 2. The van der Waals surface area contributed by atoms with E-state index in [4.69, 9.17) is 5.73 Å². The molecular formula is C18H12BrN3O. The van der Waals surface area contributed by atoms with E-state index in [2.05, 4.69) is 27.0 Å². The lowest BCUT2D eigenvalue weighted by molar-refractivity contribution is 0.477. The van der Waals surface area contributed by atoms with Crippen LogP contribution in [0.1, 0.15) is 5.56 Å². The van der Waals surface area contributed by atoms with Gasteiger partial charge < -0.3 is 10.8 Å². The third-order valence-corrected chi connectivity index (χ3v) is 4.02. The highest BCUT2D eigenvalue weighted by atomic mass is 79.9. The number of nitrogens with zero attached hydrogens (tertiary/aromatic N) is 2. The lowest BCUT2D eigenvalue weighted by atomic mass is 9.98. The summed E-state index contributed by atoms with van der Waals surface area (Å²) in [7, 11) is 0. The van der Waals surface area contributed by atoms with Crippen LogP contribution >= 0.6 is 15.9 Å². The van der Waals surface area contributed by atoms with Gasteiger partial charge in [-0.05, 0) is 35.9 Å². The third kappa shape index (κ3) is 2.89. The van der Waals surface area contributed by atoms with Crippen molar-refractivity contribution < 1.29 is 5.11 Å². The summed E-state index contributed by atoms with van der Waals surface area (Å²) in [5.74, 6) is 0.261. The number of rotatable bonds is 2. The number of nitrogen functional groups attached to an aromatic ring is 1. The Kier molecular flexibility index (Phi) is 4.00. The van der Waals surface area contributed by atoms with E-state index in [1.807, 2.05) is 30.3 Å². The summed E-state index contributed by atoms with van der Waals surface area (Å²) in [6, 6.07) is 18.4. The number of hydrogen-bond donors (Lipinski definition) is 2. The van der Waals surface area contributed by atoms with Gasteiger partial charge in [-0.3, -0.25) is 0 Å². The van der Waals surface area contributed by atoms with Gasteiger partial charge in [-0.25, -0.2) is 4.98 Å². The Morgan fingerprint density at radius 2 is 1.74 bits per heavy atom. The second kappa shape index (κ2) is 6.11. The number of phenols is 1.